The summed E-state index contributed by atoms with van der Waals surface area (Å²) in [6.07, 6.45) is 1.33. The van der Waals surface area contributed by atoms with E-state index < -0.39 is 5.82 Å². The van der Waals surface area contributed by atoms with E-state index in [0.717, 1.165) is 0 Å². The first-order chi connectivity index (χ1) is 10.7. The maximum absolute atomic E-state index is 13.1. The summed E-state index contributed by atoms with van der Waals surface area (Å²) in [5.74, 6) is -0.295. The van der Waals surface area contributed by atoms with Gasteiger partial charge in [0.1, 0.15) is 11.9 Å². The summed E-state index contributed by atoms with van der Waals surface area (Å²) in [4.78, 5) is 17.7. The molecule has 0 spiro atoms. The number of carbonyl (C=O) groups is 1. The summed E-state index contributed by atoms with van der Waals surface area (Å²) < 4.78 is 18.7. The van der Waals surface area contributed by atoms with Crippen molar-refractivity contribution in [1.82, 2.24) is 9.88 Å². The zero-order valence-corrected chi connectivity index (χ0v) is 11.6. The number of rotatable bonds is 3. The van der Waals surface area contributed by atoms with Crippen LogP contribution in [0, 0.1) is 17.1 Å². The van der Waals surface area contributed by atoms with E-state index in [1.54, 1.807) is 23.1 Å². The van der Waals surface area contributed by atoms with Crippen molar-refractivity contribution in [2.45, 2.75) is 6.10 Å². The molecule has 0 aliphatic carbocycles. The number of nitrogens with zero attached hydrogens (tertiary/aromatic N) is 3. The maximum atomic E-state index is 13.1. The molecule has 1 aliphatic heterocycles. The van der Waals surface area contributed by atoms with Crippen LogP contribution in [0.25, 0.3) is 0 Å². The Hall–Kier alpha value is -2.94. The zero-order valence-electron chi connectivity index (χ0n) is 11.6. The molecular weight excluding hydrogens is 285 g/mol. The number of hydrogen-bond donors (Lipinski definition) is 0. The lowest BCUT2D eigenvalue weighted by Gasteiger charge is -2.38. The van der Waals surface area contributed by atoms with E-state index in [9.17, 15) is 9.18 Å². The molecule has 0 unspecified atom stereocenters. The fourth-order valence-electron chi connectivity index (χ4n) is 2.20. The highest BCUT2D eigenvalue weighted by atomic mass is 19.1. The molecule has 22 heavy (non-hydrogen) atoms. The van der Waals surface area contributed by atoms with Gasteiger partial charge in [-0.2, -0.15) is 5.26 Å². The Morgan fingerprint density at radius 2 is 2.18 bits per heavy atom. The number of hydrogen-bond acceptors (Lipinski definition) is 4. The molecule has 1 saturated heterocycles. The van der Waals surface area contributed by atoms with Crippen LogP contribution in [0.1, 0.15) is 15.9 Å². The lowest BCUT2D eigenvalue weighted by atomic mass is 10.1. The molecule has 6 heteroatoms. The molecule has 0 saturated carbocycles. The molecular formula is C16H12FN3O2. The normalized spacial score (nSPS) is 14.1. The van der Waals surface area contributed by atoms with E-state index in [1.165, 1.54) is 24.4 Å². The van der Waals surface area contributed by atoms with Crippen LogP contribution in [0.2, 0.25) is 0 Å². The van der Waals surface area contributed by atoms with Crippen molar-refractivity contribution in [2.75, 3.05) is 13.1 Å². The van der Waals surface area contributed by atoms with Crippen LogP contribution in [0.3, 0.4) is 0 Å². The Morgan fingerprint density at radius 1 is 1.36 bits per heavy atom. The highest BCUT2D eigenvalue weighted by Gasteiger charge is 2.33. The number of aromatic nitrogens is 1. The molecule has 1 fully saturated rings. The second-order valence-electron chi connectivity index (χ2n) is 4.95. The van der Waals surface area contributed by atoms with Gasteiger partial charge in [-0.1, -0.05) is 6.07 Å². The minimum atomic E-state index is -0.434. The van der Waals surface area contributed by atoms with Gasteiger partial charge in [-0.05, 0) is 24.3 Å². The molecule has 1 aliphatic rings. The summed E-state index contributed by atoms with van der Waals surface area (Å²) in [5, 5.41) is 8.81. The highest BCUT2D eigenvalue weighted by molar-refractivity contribution is 5.94. The lowest BCUT2D eigenvalue weighted by Crippen LogP contribution is -2.56. The van der Waals surface area contributed by atoms with Crippen molar-refractivity contribution in [3.05, 3.63) is 59.5 Å². The predicted octanol–water partition coefficient (Wildman–Crippen LogP) is 2.00. The minimum Gasteiger partial charge on any atom is -0.471 e. The van der Waals surface area contributed by atoms with Gasteiger partial charge in [0, 0.05) is 17.8 Å². The number of ether oxygens (including phenoxy) is 1. The Kier molecular flexibility index (Phi) is 3.71. The van der Waals surface area contributed by atoms with Gasteiger partial charge in [-0.15, -0.1) is 0 Å². The van der Waals surface area contributed by atoms with Crippen LogP contribution in [0.4, 0.5) is 4.39 Å². The van der Waals surface area contributed by atoms with Crippen molar-refractivity contribution in [3.63, 3.8) is 0 Å². The van der Waals surface area contributed by atoms with Crippen molar-refractivity contribution in [2.24, 2.45) is 0 Å². The number of nitriles is 1. The molecule has 0 atom stereocenters. The van der Waals surface area contributed by atoms with E-state index in [1.807, 2.05) is 6.07 Å². The first-order valence-corrected chi connectivity index (χ1v) is 6.73. The van der Waals surface area contributed by atoms with Crippen LogP contribution in [-0.2, 0) is 0 Å². The van der Waals surface area contributed by atoms with Crippen molar-refractivity contribution < 1.29 is 13.9 Å². The Labute approximate surface area is 126 Å². The third-order valence-corrected chi connectivity index (χ3v) is 3.36. The molecule has 2 heterocycles. The molecule has 2 aromatic rings. The van der Waals surface area contributed by atoms with E-state index in [2.05, 4.69) is 4.98 Å². The number of likely N-dealkylation sites (tertiary alicyclic amines) is 1. The first kappa shape index (κ1) is 14.0. The van der Waals surface area contributed by atoms with Gasteiger partial charge in [0.2, 0.25) is 5.88 Å². The van der Waals surface area contributed by atoms with Crippen LogP contribution in [0.5, 0.6) is 5.88 Å². The minimum absolute atomic E-state index is 0.168. The van der Waals surface area contributed by atoms with Crippen molar-refractivity contribution in [3.8, 4) is 11.9 Å². The Bertz CT molecular complexity index is 751. The van der Waals surface area contributed by atoms with Crippen LogP contribution in [0.15, 0.2) is 42.6 Å². The Balaban J connectivity index is 1.58. The molecule has 0 radical (unpaired) electrons. The molecule has 1 aromatic carbocycles. The first-order valence-electron chi connectivity index (χ1n) is 6.73. The predicted molar refractivity (Wildman–Crippen MR) is 75.7 cm³/mol. The molecule has 3 rings (SSSR count). The molecule has 5 nitrogen and oxygen atoms in total. The van der Waals surface area contributed by atoms with Gasteiger partial charge < -0.3 is 9.64 Å². The molecule has 110 valence electrons. The topological polar surface area (TPSA) is 66.2 Å². The van der Waals surface area contributed by atoms with Gasteiger partial charge >= 0.3 is 0 Å². The quantitative estimate of drug-likeness (QED) is 0.869. The highest BCUT2D eigenvalue weighted by Crippen LogP contribution is 2.19. The molecule has 0 bridgehead atoms. The summed E-state index contributed by atoms with van der Waals surface area (Å²) in [5.41, 5.74) is 0.792. The number of carbonyl (C=O) groups excluding carboxylic acids is 1. The number of halogens is 1. The lowest BCUT2D eigenvalue weighted by molar-refractivity contribution is 0.0160. The van der Waals surface area contributed by atoms with E-state index >= 15 is 0 Å². The van der Waals surface area contributed by atoms with E-state index in [0.29, 0.717) is 30.1 Å². The van der Waals surface area contributed by atoms with Crippen molar-refractivity contribution >= 4 is 5.91 Å². The van der Waals surface area contributed by atoms with Gasteiger partial charge in [-0.3, -0.25) is 4.79 Å². The molecule has 1 aromatic heterocycles. The second kappa shape index (κ2) is 5.82. The van der Waals surface area contributed by atoms with E-state index in [4.69, 9.17) is 10.00 Å². The fourth-order valence-corrected chi connectivity index (χ4v) is 2.20. The zero-order chi connectivity index (χ0) is 15.5. The molecule has 1 amide bonds. The third-order valence-electron chi connectivity index (χ3n) is 3.36. The van der Waals surface area contributed by atoms with Crippen LogP contribution >= 0.6 is 0 Å². The van der Waals surface area contributed by atoms with E-state index in [-0.39, 0.29) is 12.0 Å². The maximum Gasteiger partial charge on any atom is 0.254 e. The number of amides is 1. The average Bonchev–Trinajstić information content (AvgIpc) is 2.50. The average molecular weight is 297 g/mol. The Morgan fingerprint density at radius 3 is 2.91 bits per heavy atom. The van der Waals surface area contributed by atoms with Crippen LogP contribution < -0.4 is 4.74 Å². The standard InChI is InChI=1S/C16H12FN3O2/c17-13-3-1-2-12(7-13)16(21)20-9-14(10-20)22-15-6-11(8-18)4-5-19-15/h1-7,14H,9-10H2. The number of benzene rings is 1. The molecule has 0 N–H and O–H groups in total. The van der Waals surface area contributed by atoms with Gasteiger partial charge in [0.05, 0.1) is 24.7 Å². The van der Waals surface area contributed by atoms with Crippen LogP contribution in [-0.4, -0.2) is 35.0 Å². The third kappa shape index (κ3) is 2.88. The van der Waals surface area contributed by atoms with Gasteiger partial charge in [-0.25, -0.2) is 9.37 Å². The monoisotopic (exact) mass is 297 g/mol. The summed E-state index contributed by atoms with van der Waals surface area (Å²) in [6.45, 7) is 0.821. The summed E-state index contributed by atoms with van der Waals surface area (Å²) >= 11 is 0. The number of pyridine rings is 1. The summed E-state index contributed by atoms with van der Waals surface area (Å²) in [6, 6.07) is 10.8. The van der Waals surface area contributed by atoms with Gasteiger partial charge in [0.25, 0.3) is 5.91 Å². The largest absolute Gasteiger partial charge is 0.471 e. The fraction of sp³-hybridized carbons (Fsp3) is 0.188. The smallest absolute Gasteiger partial charge is 0.254 e. The van der Waals surface area contributed by atoms with Crippen molar-refractivity contribution in [1.29, 1.82) is 5.26 Å². The summed E-state index contributed by atoms with van der Waals surface area (Å²) in [7, 11) is 0. The second-order valence-corrected chi connectivity index (χ2v) is 4.95. The van der Waals surface area contributed by atoms with Gasteiger partial charge in [0.15, 0.2) is 0 Å². The SMILES string of the molecule is N#Cc1ccnc(OC2CN(C(=O)c3cccc(F)c3)C2)c1.